The number of hydrogen-bond acceptors (Lipinski definition) is 4. The fourth-order valence-corrected chi connectivity index (χ4v) is 5.05. The first-order valence-corrected chi connectivity index (χ1v) is 10.5. The van der Waals surface area contributed by atoms with Gasteiger partial charge in [0.15, 0.2) is 9.84 Å². The van der Waals surface area contributed by atoms with Gasteiger partial charge in [0.2, 0.25) is 5.91 Å². The molecule has 5 nitrogen and oxygen atoms in total. The van der Waals surface area contributed by atoms with E-state index in [0.717, 1.165) is 10.0 Å². The monoisotopic (exact) mass is 423 g/mol. The van der Waals surface area contributed by atoms with Gasteiger partial charge in [-0.3, -0.25) is 4.79 Å². The van der Waals surface area contributed by atoms with Crippen LogP contribution in [0.25, 0.3) is 6.08 Å². The van der Waals surface area contributed by atoms with Crippen molar-refractivity contribution in [2.75, 3.05) is 11.5 Å². The Morgan fingerprint density at radius 2 is 2.16 bits per heavy atom. The minimum Gasteiger partial charge on any atom is -0.465 e. The molecule has 25 heavy (non-hydrogen) atoms. The highest BCUT2D eigenvalue weighted by Gasteiger charge is 2.34. The Hall–Kier alpha value is -1.86. The number of carbonyl (C=O) groups is 1. The highest BCUT2D eigenvalue weighted by molar-refractivity contribution is 9.10. The van der Waals surface area contributed by atoms with Crippen molar-refractivity contribution < 1.29 is 17.6 Å². The lowest BCUT2D eigenvalue weighted by Gasteiger charge is -2.27. The molecule has 1 aromatic heterocycles. The maximum atomic E-state index is 12.7. The van der Waals surface area contributed by atoms with E-state index in [1.807, 2.05) is 24.3 Å². The van der Waals surface area contributed by atoms with E-state index in [1.54, 1.807) is 23.1 Å². The van der Waals surface area contributed by atoms with Crippen molar-refractivity contribution in [3.05, 3.63) is 64.5 Å². The fraction of sp³-hybridized carbons (Fsp3) is 0.278. The molecule has 0 saturated carbocycles. The summed E-state index contributed by atoms with van der Waals surface area (Å²) in [6.07, 6.45) is 5.03. The number of amides is 1. The molecule has 2 heterocycles. The normalized spacial score (nSPS) is 19.3. The number of carbonyl (C=O) groups excluding carboxylic acids is 1. The van der Waals surface area contributed by atoms with Gasteiger partial charge in [0, 0.05) is 23.1 Å². The van der Waals surface area contributed by atoms with Gasteiger partial charge in [-0.15, -0.1) is 0 Å². The molecule has 0 spiro atoms. The third kappa shape index (κ3) is 4.83. The van der Waals surface area contributed by atoms with Gasteiger partial charge in [0.05, 0.1) is 17.8 Å². The minimum atomic E-state index is -3.08. The summed E-state index contributed by atoms with van der Waals surface area (Å²) in [5.41, 5.74) is 0.943. The first-order valence-electron chi connectivity index (χ1n) is 7.90. The third-order valence-corrected chi connectivity index (χ3v) is 6.35. The maximum absolute atomic E-state index is 12.7. The molecule has 3 rings (SSSR count). The van der Waals surface area contributed by atoms with E-state index >= 15 is 0 Å². The second-order valence-electron chi connectivity index (χ2n) is 6.00. The van der Waals surface area contributed by atoms with Crippen molar-refractivity contribution in [1.82, 2.24) is 4.90 Å². The van der Waals surface area contributed by atoms with Gasteiger partial charge in [0.25, 0.3) is 0 Å². The molecule has 2 aromatic rings. The maximum Gasteiger partial charge on any atom is 0.247 e. The Bertz CT molecular complexity index is 874. The fourth-order valence-electron chi connectivity index (χ4n) is 2.88. The zero-order valence-electron chi connectivity index (χ0n) is 13.5. The summed E-state index contributed by atoms with van der Waals surface area (Å²) in [4.78, 5) is 14.3. The summed E-state index contributed by atoms with van der Waals surface area (Å²) in [5, 5.41) is 0. The van der Waals surface area contributed by atoms with Crippen LogP contribution in [0.2, 0.25) is 0 Å². The Balaban J connectivity index is 1.82. The largest absolute Gasteiger partial charge is 0.465 e. The van der Waals surface area contributed by atoms with Crippen LogP contribution in [0.1, 0.15) is 17.7 Å². The molecule has 0 radical (unpaired) electrons. The van der Waals surface area contributed by atoms with Gasteiger partial charge in [-0.25, -0.2) is 8.42 Å². The summed E-state index contributed by atoms with van der Waals surface area (Å²) < 4.78 is 29.8. The van der Waals surface area contributed by atoms with Crippen LogP contribution in [-0.4, -0.2) is 36.8 Å². The van der Waals surface area contributed by atoms with Crippen molar-refractivity contribution >= 4 is 37.8 Å². The molecule has 1 fully saturated rings. The summed E-state index contributed by atoms with van der Waals surface area (Å²) in [5.74, 6) is 0.497. The topological polar surface area (TPSA) is 67.6 Å². The van der Waals surface area contributed by atoms with Crippen LogP contribution in [0.15, 0.2) is 57.6 Å². The highest BCUT2D eigenvalue weighted by Crippen LogP contribution is 2.22. The predicted octanol–water partition coefficient (Wildman–Crippen LogP) is 3.27. The number of halogens is 1. The number of hydrogen-bond donors (Lipinski definition) is 0. The van der Waals surface area contributed by atoms with E-state index in [4.69, 9.17) is 4.42 Å². The summed E-state index contributed by atoms with van der Waals surface area (Å²) in [7, 11) is -3.08. The van der Waals surface area contributed by atoms with Gasteiger partial charge >= 0.3 is 0 Å². The molecule has 132 valence electrons. The van der Waals surface area contributed by atoms with E-state index in [9.17, 15) is 13.2 Å². The van der Waals surface area contributed by atoms with Gasteiger partial charge < -0.3 is 9.32 Å². The second-order valence-corrected chi connectivity index (χ2v) is 9.15. The van der Waals surface area contributed by atoms with Crippen LogP contribution in [0.3, 0.4) is 0 Å². The lowest BCUT2D eigenvalue weighted by molar-refractivity contribution is -0.128. The summed E-state index contributed by atoms with van der Waals surface area (Å²) in [6.45, 7) is 0.362. The smallest absolute Gasteiger partial charge is 0.247 e. The Morgan fingerprint density at radius 3 is 2.80 bits per heavy atom. The first-order chi connectivity index (χ1) is 11.9. The zero-order valence-corrected chi connectivity index (χ0v) is 15.9. The number of benzene rings is 1. The summed E-state index contributed by atoms with van der Waals surface area (Å²) in [6, 6.07) is 10.8. The Labute approximate surface area is 155 Å². The van der Waals surface area contributed by atoms with E-state index in [0.29, 0.717) is 18.7 Å². The van der Waals surface area contributed by atoms with Crippen molar-refractivity contribution in [3.63, 3.8) is 0 Å². The lowest BCUT2D eigenvalue weighted by atomic mass is 10.1. The van der Waals surface area contributed by atoms with Crippen molar-refractivity contribution in [3.8, 4) is 0 Å². The average molecular weight is 424 g/mol. The van der Waals surface area contributed by atoms with Crippen LogP contribution < -0.4 is 0 Å². The minimum absolute atomic E-state index is 0.0152. The molecular formula is C18H18BrNO4S. The lowest BCUT2D eigenvalue weighted by Crippen LogP contribution is -2.39. The Kier molecular flexibility index (Phi) is 5.44. The molecular weight excluding hydrogens is 406 g/mol. The van der Waals surface area contributed by atoms with Gasteiger partial charge in [-0.05, 0) is 42.3 Å². The van der Waals surface area contributed by atoms with Gasteiger partial charge in [0.1, 0.15) is 5.76 Å². The van der Waals surface area contributed by atoms with Crippen molar-refractivity contribution in [1.29, 1.82) is 0 Å². The number of rotatable bonds is 5. The standard InChI is InChI=1S/C18H18BrNO4S/c19-15-4-1-3-14(11-15)12-20(16-8-10-25(22,23)13-16)18(21)7-6-17-5-2-9-24-17/h1-7,9,11,16H,8,10,12-13H2/b7-6+. The summed E-state index contributed by atoms with van der Waals surface area (Å²) >= 11 is 3.42. The molecule has 0 bridgehead atoms. The van der Waals surface area contributed by atoms with Crippen LogP contribution in [0.5, 0.6) is 0 Å². The number of nitrogens with zero attached hydrogens (tertiary/aromatic N) is 1. The van der Waals surface area contributed by atoms with Crippen LogP contribution in [0, 0.1) is 0 Å². The molecule has 7 heteroatoms. The highest BCUT2D eigenvalue weighted by atomic mass is 79.9. The molecule has 0 N–H and O–H groups in total. The van der Waals surface area contributed by atoms with Gasteiger partial charge in [-0.2, -0.15) is 0 Å². The molecule has 1 unspecified atom stereocenters. The second kappa shape index (κ2) is 7.58. The SMILES string of the molecule is O=C(/C=C/c1ccco1)N(Cc1cccc(Br)c1)C1CCS(=O)(=O)C1. The average Bonchev–Trinajstić information content (AvgIpc) is 3.19. The Morgan fingerprint density at radius 1 is 1.32 bits per heavy atom. The van der Waals surface area contributed by atoms with Gasteiger partial charge in [-0.1, -0.05) is 28.1 Å². The van der Waals surface area contributed by atoms with Crippen molar-refractivity contribution in [2.24, 2.45) is 0 Å². The van der Waals surface area contributed by atoms with Crippen LogP contribution in [0.4, 0.5) is 0 Å². The molecule has 1 atom stereocenters. The quantitative estimate of drug-likeness (QED) is 0.691. The van der Waals surface area contributed by atoms with E-state index < -0.39 is 9.84 Å². The third-order valence-electron chi connectivity index (χ3n) is 4.11. The predicted molar refractivity (Wildman–Crippen MR) is 99.5 cm³/mol. The molecule has 1 aliphatic rings. The number of sulfone groups is 1. The van der Waals surface area contributed by atoms with E-state index in [-0.39, 0.29) is 23.5 Å². The molecule has 1 aliphatic heterocycles. The first kappa shape index (κ1) is 17.9. The zero-order chi connectivity index (χ0) is 17.9. The molecule has 0 aliphatic carbocycles. The number of furan rings is 1. The molecule has 1 saturated heterocycles. The van der Waals surface area contributed by atoms with E-state index in [2.05, 4.69) is 15.9 Å². The van der Waals surface area contributed by atoms with Crippen LogP contribution in [-0.2, 0) is 21.2 Å². The van der Waals surface area contributed by atoms with Crippen molar-refractivity contribution in [2.45, 2.75) is 19.0 Å². The van der Waals surface area contributed by atoms with Crippen LogP contribution >= 0.6 is 15.9 Å². The molecule has 1 amide bonds. The molecule has 1 aromatic carbocycles. The van der Waals surface area contributed by atoms with E-state index in [1.165, 1.54) is 12.3 Å².